The molecule has 1 aromatic heterocycles. The first kappa shape index (κ1) is 15.6. The van der Waals surface area contributed by atoms with Crippen LogP contribution >= 0.6 is 11.3 Å². The zero-order valence-corrected chi connectivity index (χ0v) is 13.5. The third kappa shape index (κ3) is 4.60. The van der Waals surface area contributed by atoms with E-state index in [0.29, 0.717) is 19.6 Å². The van der Waals surface area contributed by atoms with E-state index >= 15 is 0 Å². The van der Waals surface area contributed by atoms with Gasteiger partial charge in [-0.15, -0.1) is 11.3 Å². The molecule has 0 saturated heterocycles. The van der Waals surface area contributed by atoms with Crippen LogP contribution < -0.4 is 10.1 Å². The average molecular weight is 303 g/mol. The van der Waals surface area contributed by atoms with E-state index in [0.717, 1.165) is 21.8 Å². The molecule has 1 heterocycles. The lowest BCUT2D eigenvalue weighted by molar-refractivity contribution is -0.120. The van der Waals surface area contributed by atoms with Gasteiger partial charge in [0.05, 0.1) is 13.0 Å². The summed E-state index contributed by atoms with van der Waals surface area (Å²) in [6.45, 7) is 7.18. The highest BCUT2D eigenvalue weighted by atomic mass is 32.1. The van der Waals surface area contributed by atoms with E-state index in [4.69, 9.17) is 4.74 Å². The van der Waals surface area contributed by atoms with Gasteiger partial charge in [-0.05, 0) is 43.3 Å². The third-order valence-corrected chi connectivity index (χ3v) is 4.07. The van der Waals surface area contributed by atoms with E-state index < -0.39 is 0 Å². The smallest absolute Gasteiger partial charge is 0.225 e. The van der Waals surface area contributed by atoms with Crippen molar-refractivity contribution in [2.75, 3.05) is 13.2 Å². The Bertz CT molecular complexity index is 582. The van der Waals surface area contributed by atoms with E-state index in [9.17, 15) is 4.79 Å². The number of carbonyl (C=O) groups is 1. The van der Waals surface area contributed by atoms with Crippen molar-refractivity contribution >= 4 is 17.2 Å². The Morgan fingerprint density at radius 3 is 2.57 bits per heavy atom. The summed E-state index contributed by atoms with van der Waals surface area (Å²) in [5.74, 6) is 0.964. The van der Waals surface area contributed by atoms with E-state index in [2.05, 4.69) is 24.4 Å². The van der Waals surface area contributed by atoms with Gasteiger partial charge in [-0.25, -0.2) is 0 Å². The molecule has 2 rings (SSSR count). The van der Waals surface area contributed by atoms with Gasteiger partial charge in [-0.3, -0.25) is 4.79 Å². The molecule has 2 aromatic rings. The van der Waals surface area contributed by atoms with Crippen LogP contribution in [0.3, 0.4) is 0 Å². The molecule has 112 valence electrons. The van der Waals surface area contributed by atoms with E-state index in [-0.39, 0.29) is 5.91 Å². The normalized spacial score (nSPS) is 10.4. The predicted octanol–water partition coefficient (Wildman–Crippen LogP) is 3.41. The van der Waals surface area contributed by atoms with Crippen LogP contribution in [0.5, 0.6) is 5.75 Å². The highest BCUT2D eigenvalue weighted by Gasteiger charge is 2.06. The monoisotopic (exact) mass is 303 g/mol. The minimum atomic E-state index is 0.0402. The standard InChI is InChI=1S/C17H21NO2S/c1-12-9-13(2)17(14(3)10-12)20-7-6-18-16(19)11-15-5-4-8-21-15/h4-5,8-10H,6-7,11H2,1-3H3,(H,18,19). The van der Waals surface area contributed by atoms with Crippen LogP contribution in [0.1, 0.15) is 21.6 Å². The van der Waals surface area contributed by atoms with Gasteiger partial charge in [0.2, 0.25) is 5.91 Å². The van der Waals surface area contributed by atoms with Crippen molar-refractivity contribution in [3.63, 3.8) is 0 Å². The number of carbonyl (C=O) groups excluding carboxylic acids is 1. The summed E-state index contributed by atoms with van der Waals surface area (Å²) in [5, 5.41) is 4.87. The first-order chi connectivity index (χ1) is 10.1. The average Bonchev–Trinajstić information content (AvgIpc) is 2.89. The zero-order valence-electron chi connectivity index (χ0n) is 12.7. The van der Waals surface area contributed by atoms with Crippen LogP contribution in [0.15, 0.2) is 29.6 Å². The fraction of sp³-hybridized carbons (Fsp3) is 0.353. The molecule has 0 aliphatic heterocycles. The summed E-state index contributed by atoms with van der Waals surface area (Å²) in [6.07, 6.45) is 0.445. The van der Waals surface area contributed by atoms with Crippen molar-refractivity contribution in [1.82, 2.24) is 5.32 Å². The molecule has 1 N–H and O–H groups in total. The minimum absolute atomic E-state index is 0.0402. The van der Waals surface area contributed by atoms with Crippen LogP contribution in [-0.2, 0) is 11.2 Å². The summed E-state index contributed by atoms with van der Waals surface area (Å²) in [7, 11) is 0. The van der Waals surface area contributed by atoms with Gasteiger partial charge in [0.15, 0.2) is 0 Å². The largest absolute Gasteiger partial charge is 0.491 e. The van der Waals surface area contributed by atoms with Gasteiger partial charge in [-0.2, -0.15) is 0 Å². The predicted molar refractivity (Wildman–Crippen MR) is 87.2 cm³/mol. The Labute approximate surface area is 130 Å². The SMILES string of the molecule is Cc1cc(C)c(OCCNC(=O)Cc2cccs2)c(C)c1. The van der Waals surface area contributed by atoms with Crippen molar-refractivity contribution in [2.24, 2.45) is 0 Å². The quantitative estimate of drug-likeness (QED) is 0.831. The van der Waals surface area contributed by atoms with Crippen molar-refractivity contribution < 1.29 is 9.53 Å². The molecular formula is C17H21NO2S. The van der Waals surface area contributed by atoms with Gasteiger partial charge in [0.25, 0.3) is 0 Å². The highest BCUT2D eigenvalue weighted by molar-refractivity contribution is 7.10. The third-order valence-electron chi connectivity index (χ3n) is 3.19. The summed E-state index contributed by atoms with van der Waals surface area (Å²) in [5.41, 5.74) is 3.51. The van der Waals surface area contributed by atoms with Crippen LogP contribution in [0, 0.1) is 20.8 Å². The zero-order chi connectivity index (χ0) is 15.2. The van der Waals surface area contributed by atoms with Crippen LogP contribution in [0.25, 0.3) is 0 Å². The number of ether oxygens (including phenoxy) is 1. The summed E-state index contributed by atoms with van der Waals surface area (Å²) in [4.78, 5) is 12.8. The van der Waals surface area contributed by atoms with E-state index in [1.54, 1.807) is 11.3 Å². The first-order valence-corrected chi connectivity index (χ1v) is 7.94. The fourth-order valence-corrected chi connectivity index (χ4v) is 3.08. The molecule has 0 unspecified atom stereocenters. The number of aryl methyl sites for hydroxylation is 3. The number of hydrogen-bond acceptors (Lipinski definition) is 3. The number of rotatable bonds is 6. The number of hydrogen-bond donors (Lipinski definition) is 1. The minimum Gasteiger partial charge on any atom is -0.491 e. The molecule has 4 heteroatoms. The van der Waals surface area contributed by atoms with Crippen LogP contribution in [0.4, 0.5) is 0 Å². The number of benzene rings is 1. The molecule has 0 bridgehead atoms. The molecule has 1 amide bonds. The Balaban J connectivity index is 1.76. The first-order valence-electron chi connectivity index (χ1n) is 7.06. The van der Waals surface area contributed by atoms with Gasteiger partial charge < -0.3 is 10.1 Å². The Kier molecular flexibility index (Phi) is 5.39. The Morgan fingerprint density at radius 2 is 1.95 bits per heavy atom. The van der Waals surface area contributed by atoms with Gasteiger partial charge in [-0.1, -0.05) is 23.8 Å². The van der Waals surface area contributed by atoms with Crippen molar-refractivity contribution in [2.45, 2.75) is 27.2 Å². The molecule has 0 saturated carbocycles. The molecule has 3 nitrogen and oxygen atoms in total. The summed E-state index contributed by atoms with van der Waals surface area (Å²) >= 11 is 1.60. The molecule has 0 aliphatic rings. The van der Waals surface area contributed by atoms with Crippen molar-refractivity contribution in [3.8, 4) is 5.75 Å². The molecule has 0 aliphatic carbocycles. The second-order valence-electron chi connectivity index (χ2n) is 5.18. The summed E-state index contributed by atoms with van der Waals surface area (Å²) in [6, 6.07) is 8.15. The van der Waals surface area contributed by atoms with Gasteiger partial charge >= 0.3 is 0 Å². The molecule has 0 atom stereocenters. The maximum atomic E-state index is 11.7. The molecular weight excluding hydrogens is 282 g/mol. The lowest BCUT2D eigenvalue weighted by Gasteiger charge is -2.13. The van der Waals surface area contributed by atoms with Gasteiger partial charge in [0, 0.05) is 4.88 Å². The second-order valence-corrected chi connectivity index (χ2v) is 6.21. The second kappa shape index (κ2) is 7.27. The summed E-state index contributed by atoms with van der Waals surface area (Å²) < 4.78 is 5.80. The Hall–Kier alpha value is -1.81. The topological polar surface area (TPSA) is 38.3 Å². The van der Waals surface area contributed by atoms with Crippen molar-refractivity contribution in [1.29, 1.82) is 0 Å². The van der Waals surface area contributed by atoms with E-state index in [1.165, 1.54) is 5.56 Å². The number of nitrogens with one attached hydrogen (secondary N) is 1. The van der Waals surface area contributed by atoms with Gasteiger partial charge in [0.1, 0.15) is 12.4 Å². The lowest BCUT2D eigenvalue weighted by atomic mass is 10.1. The van der Waals surface area contributed by atoms with E-state index in [1.807, 2.05) is 31.4 Å². The molecule has 0 spiro atoms. The molecule has 0 fully saturated rings. The molecule has 21 heavy (non-hydrogen) atoms. The highest BCUT2D eigenvalue weighted by Crippen LogP contribution is 2.24. The lowest BCUT2D eigenvalue weighted by Crippen LogP contribution is -2.29. The van der Waals surface area contributed by atoms with Crippen LogP contribution in [-0.4, -0.2) is 19.1 Å². The maximum absolute atomic E-state index is 11.7. The molecule has 1 aromatic carbocycles. The molecule has 0 radical (unpaired) electrons. The fourth-order valence-electron chi connectivity index (χ4n) is 2.37. The number of amides is 1. The number of thiophene rings is 1. The Morgan fingerprint density at radius 1 is 1.24 bits per heavy atom. The van der Waals surface area contributed by atoms with Crippen molar-refractivity contribution in [3.05, 3.63) is 51.2 Å². The van der Waals surface area contributed by atoms with Crippen LogP contribution in [0.2, 0.25) is 0 Å². The maximum Gasteiger partial charge on any atom is 0.225 e.